The van der Waals surface area contributed by atoms with Gasteiger partial charge in [-0.3, -0.25) is 9.59 Å². The van der Waals surface area contributed by atoms with Gasteiger partial charge in [0.25, 0.3) is 11.8 Å². The Morgan fingerprint density at radius 1 is 0.951 bits per heavy atom. The van der Waals surface area contributed by atoms with Crippen molar-refractivity contribution < 1.29 is 27.2 Å². The Balaban J connectivity index is 1.40. The molecule has 208 valence electrons. The summed E-state index contributed by atoms with van der Waals surface area (Å²) >= 11 is 6.30. The Morgan fingerprint density at radius 2 is 1.78 bits per heavy atom. The van der Waals surface area contributed by atoms with Gasteiger partial charge in [-0.25, -0.2) is 9.97 Å². The number of carbonyl (C=O) groups is 2. The highest BCUT2D eigenvalue weighted by Crippen LogP contribution is 2.33. The van der Waals surface area contributed by atoms with Gasteiger partial charge < -0.3 is 20.4 Å². The lowest BCUT2D eigenvalue weighted by Gasteiger charge is -2.13. The van der Waals surface area contributed by atoms with Gasteiger partial charge in [0.1, 0.15) is 5.82 Å². The van der Waals surface area contributed by atoms with E-state index in [-0.39, 0.29) is 34.3 Å². The summed E-state index contributed by atoms with van der Waals surface area (Å²) in [5.74, 6) is -0.250. The molecule has 0 saturated carbocycles. The quantitative estimate of drug-likeness (QED) is 0.196. The van der Waals surface area contributed by atoms with E-state index in [1.807, 2.05) is 0 Å². The van der Waals surface area contributed by atoms with Crippen LogP contribution >= 0.6 is 11.6 Å². The summed E-state index contributed by atoms with van der Waals surface area (Å²) in [6.07, 6.45) is -3.12. The predicted octanol–water partition coefficient (Wildman–Crippen LogP) is 6.79. The molecule has 0 aliphatic rings. The van der Waals surface area contributed by atoms with Crippen LogP contribution in [0, 0.1) is 0 Å². The molecular weight excluding hydrogens is 559 g/mol. The molecule has 0 unspecified atom stereocenters. The fraction of sp³-hybridized carbons (Fsp3) is 0.103. The highest BCUT2D eigenvalue weighted by atomic mass is 35.5. The molecule has 12 heteroatoms. The van der Waals surface area contributed by atoms with Crippen molar-refractivity contribution in [1.29, 1.82) is 0 Å². The fourth-order valence-corrected chi connectivity index (χ4v) is 4.30. The van der Waals surface area contributed by atoms with Crippen molar-refractivity contribution in [1.82, 2.24) is 15.3 Å². The van der Waals surface area contributed by atoms with Crippen molar-refractivity contribution in [3.05, 3.63) is 107 Å². The van der Waals surface area contributed by atoms with E-state index in [1.54, 1.807) is 49.5 Å². The summed E-state index contributed by atoms with van der Waals surface area (Å²) in [6.45, 7) is 0.134. The number of amides is 2. The van der Waals surface area contributed by atoms with Crippen LogP contribution in [0.1, 0.15) is 32.0 Å². The molecular formula is C29H21ClF3N5O3. The molecule has 2 aromatic heterocycles. The Labute approximate surface area is 236 Å². The molecule has 0 aliphatic heterocycles. The summed E-state index contributed by atoms with van der Waals surface area (Å²) in [4.78, 5) is 34.2. The van der Waals surface area contributed by atoms with E-state index in [0.717, 1.165) is 12.1 Å². The Morgan fingerprint density at radius 3 is 2.51 bits per heavy atom. The number of benzene rings is 3. The van der Waals surface area contributed by atoms with E-state index in [1.165, 1.54) is 24.5 Å². The van der Waals surface area contributed by atoms with Crippen molar-refractivity contribution in [2.45, 2.75) is 12.7 Å². The van der Waals surface area contributed by atoms with Crippen LogP contribution in [0.3, 0.4) is 0 Å². The zero-order chi connectivity index (χ0) is 29.1. The topological polar surface area (TPSA) is 109 Å². The molecule has 5 aromatic rings. The number of hydrogen-bond donors (Lipinski definition) is 3. The second kappa shape index (κ2) is 11.3. The lowest BCUT2D eigenvalue weighted by molar-refractivity contribution is -0.137. The number of halogens is 4. The number of hydrogen-bond acceptors (Lipinski definition) is 6. The molecule has 0 bridgehead atoms. The van der Waals surface area contributed by atoms with Gasteiger partial charge in [-0.05, 0) is 60.2 Å². The first kappa shape index (κ1) is 27.7. The molecule has 0 spiro atoms. The number of nitrogens with one attached hydrogen (secondary N) is 3. The second-order valence-corrected chi connectivity index (χ2v) is 9.29. The molecule has 0 saturated heterocycles. The molecule has 5 rings (SSSR count). The third kappa shape index (κ3) is 6.15. The first-order valence-electron chi connectivity index (χ1n) is 12.2. The van der Waals surface area contributed by atoms with E-state index in [9.17, 15) is 22.8 Å². The van der Waals surface area contributed by atoms with Crippen LogP contribution in [0.2, 0.25) is 5.02 Å². The number of alkyl halides is 3. The van der Waals surface area contributed by atoms with Crippen LogP contribution in [0.25, 0.3) is 22.3 Å². The van der Waals surface area contributed by atoms with Crippen LogP contribution in [-0.4, -0.2) is 28.8 Å². The average molecular weight is 580 g/mol. The molecule has 2 amide bonds. The molecule has 0 aliphatic carbocycles. The number of rotatable bonds is 7. The smallest absolute Gasteiger partial charge is 0.416 e. The van der Waals surface area contributed by atoms with Gasteiger partial charge in [-0.1, -0.05) is 29.8 Å². The van der Waals surface area contributed by atoms with Crippen molar-refractivity contribution >= 4 is 45.8 Å². The van der Waals surface area contributed by atoms with Crippen LogP contribution < -0.4 is 16.0 Å². The van der Waals surface area contributed by atoms with E-state index in [0.29, 0.717) is 28.0 Å². The van der Waals surface area contributed by atoms with Crippen molar-refractivity contribution in [3.63, 3.8) is 0 Å². The Hall–Kier alpha value is -4.90. The molecule has 0 radical (unpaired) electrons. The molecule has 0 atom stereocenters. The number of furan rings is 1. The van der Waals surface area contributed by atoms with E-state index in [2.05, 4.69) is 25.9 Å². The molecule has 0 fully saturated rings. The lowest BCUT2D eigenvalue weighted by atomic mass is 10.1. The van der Waals surface area contributed by atoms with E-state index in [4.69, 9.17) is 16.0 Å². The first-order chi connectivity index (χ1) is 19.6. The van der Waals surface area contributed by atoms with Gasteiger partial charge in [0.2, 0.25) is 0 Å². The SMILES string of the molecule is CNc1nc(-c2cccc(C(F)(F)F)c2)nc2cc(NC(=O)c3cc(CNC(=O)c4ccco4)ccc3Cl)ccc12. The van der Waals surface area contributed by atoms with Gasteiger partial charge >= 0.3 is 6.18 Å². The van der Waals surface area contributed by atoms with Crippen molar-refractivity contribution in [2.75, 3.05) is 17.7 Å². The summed E-state index contributed by atoms with van der Waals surface area (Å²) in [5.41, 5.74) is 0.969. The fourth-order valence-electron chi connectivity index (χ4n) is 4.09. The summed E-state index contributed by atoms with van der Waals surface area (Å²) in [7, 11) is 1.64. The second-order valence-electron chi connectivity index (χ2n) is 8.88. The van der Waals surface area contributed by atoms with Gasteiger partial charge in [-0.15, -0.1) is 0 Å². The van der Waals surface area contributed by atoms with Gasteiger partial charge in [0, 0.05) is 30.2 Å². The van der Waals surface area contributed by atoms with Crippen LogP contribution in [0.15, 0.2) is 83.5 Å². The largest absolute Gasteiger partial charge is 0.459 e. The van der Waals surface area contributed by atoms with E-state index >= 15 is 0 Å². The zero-order valence-corrected chi connectivity index (χ0v) is 22.1. The highest BCUT2D eigenvalue weighted by molar-refractivity contribution is 6.34. The number of nitrogens with zero attached hydrogens (tertiary/aromatic N) is 2. The molecule has 3 aromatic carbocycles. The minimum absolute atomic E-state index is 0.0868. The molecule has 2 heterocycles. The van der Waals surface area contributed by atoms with Crippen LogP contribution in [0.4, 0.5) is 24.7 Å². The lowest BCUT2D eigenvalue weighted by Crippen LogP contribution is -2.22. The molecule has 3 N–H and O–H groups in total. The normalized spacial score (nSPS) is 11.3. The number of anilines is 2. The van der Waals surface area contributed by atoms with Crippen molar-refractivity contribution in [3.8, 4) is 11.4 Å². The Kier molecular flexibility index (Phi) is 7.62. The third-order valence-corrected chi connectivity index (χ3v) is 6.44. The summed E-state index contributed by atoms with van der Waals surface area (Å²) in [5, 5.41) is 9.23. The minimum atomic E-state index is -4.51. The number of aromatic nitrogens is 2. The molecule has 41 heavy (non-hydrogen) atoms. The monoisotopic (exact) mass is 579 g/mol. The van der Waals surface area contributed by atoms with Crippen LogP contribution in [0.5, 0.6) is 0 Å². The van der Waals surface area contributed by atoms with Gasteiger partial charge in [0.15, 0.2) is 11.6 Å². The third-order valence-electron chi connectivity index (χ3n) is 6.11. The maximum Gasteiger partial charge on any atom is 0.416 e. The standard InChI is InChI=1S/C29H21ClF3N5O3/c1-34-26-20-9-8-19(14-23(20)37-25(38-26)17-4-2-5-18(13-17)29(31,32)33)36-27(39)21-12-16(7-10-22(21)30)15-35-28(40)24-6-3-11-41-24/h2-14H,15H2,1H3,(H,35,40)(H,36,39)(H,34,37,38). The van der Waals surface area contributed by atoms with Crippen LogP contribution in [-0.2, 0) is 12.7 Å². The summed E-state index contributed by atoms with van der Waals surface area (Å²) < 4.78 is 44.9. The van der Waals surface area contributed by atoms with Gasteiger partial charge in [0.05, 0.1) is 27.9 Å². The van der Waals surface area contributed by atoms with Crippen molar-refractivity contribution in [2.24, 2.45) is 0 Å². The predicted molar refractivity (Wildman–Crippen MR) is 149 cm³/mol. The van der Waals surface area contributed by atoms with E-state index < -0.39 is 23.6 Å². The minimum Gasteiger partial charge on any atom is -0.459 e. The number of carbonyl (C=O) groups excluding carboxylic acids is 2. The van der Waals surface area contributed by atoms with Gasteiger partial charge in [-0.2, -0.15) is 13.2 Å². The average Bonchev–Trinajstić information content (AvgIpc) is 3.51. The zero-order valence-electron chi connectivity index (χ0n) is 21.3. The maximum absolute atomic E-state index is 13.3. The first-order valence-corrected chi connectivity index (χ1v) is 12.6. The highest BCUT2D eigenvalue weighted by Gasteiger charge is 2.30. The summed E-state index contributed by atoms with van der Waals surface area (Å²) in [6, 6.07) is 17.6. The Bertz CT molecular complexity index is 1760. The molecule has 8 nitrogen and oxygen atoms in total. The maximum atomic E-state index is 13.3. The number of fused-ring (bicyclic) bond motifs is 1.